The maximum absolute atomic E-state index is 11.9. The highest BCUT2D eigenvalue weighted by Crippen LogP contribution is 2.54. The van der Waals surface area contributed by atoms with Crippen molar-refractivity contribution in [1.82, 2.24) is 4.90 Å². The van der Waals surface area contributed by atoms with Crippen LogP contribution in [0.15, 0.2) is 9.93 Å². The van der Waals surface area contributed by atoms with E-state index in [0.29, 0.717) is 10.8 Å². The Bertz CT molecular complexity index is 452. The summed E-state index contributed by atoms with van der Waals surface area (Å²) in [5, 5.41) is 18.6. The predicted octanol–water partition coefficient (Wildman–Crippen LogP) is 0.233. The first-order valence-corrected chi connectivity index (χ1v) is 7.66. The molecule has 2 rings (SSSR count). The number of carbonyl (C=O) groups is 2. The zero-order valence-corrected chi connectivity index (χ0v) is 12.2. The molecule has 4 atom stereocenters. The quantitative estimate of drug-likeness (QED) is 0.625. The number of carbonyl (C=O) groups excluding carboxylic acids is 1. The molecule has 1 saturated heterocycles. The molecule has 0 bridgehead atoms. The van der Waals surface area contributed by atoms with Crippen molar-refractivity contribution in [1.29, 1.82) is 0 Å². The Morgan fingerprint density at radius 2 is 2.21 bits per heavy atom. The molecule has 0 spiro atoms. The summed E-state index contributed by atoms with van der Waals surface area (Å²) in [7, 11) is 0. The third-order valence-electron chi connectivity index (χ3n) is 3.11. The molecule has 0 radical (unpaired) electrons. The number of amides is 1. The van der Waals surface area contributed by atoms with Crippen LogP contribution in [0.1, 0.15) is 13.8 Å². The molecular weight excluding hydrogens is 288 g/mol. The van der Waals surface area contributed by atoms with Crippen LogP contribution in [0.3, 0.4) is 0 Å². The van der Waals surface area contributed by atoms with E-state index in [2.05, 4.69) is 0 Å². The molecule has 0 saturated carbocycles. The fourth-order valence-electron chi connectivity index (χ4n) is 2.06. The number of aliphatic hydroxyl groups excluding tert-OH is 1. The molecule has 19 heavy (non-hydrogen) atoms. The molecule has 2 heterocycles. The number of hydrogen-bond acceptors (Lipinski definition) is 6. The van der Waals surface area contributed by atoms with Crippen molar-refractivity contribution < 1.29 is 19.8 Å². The fraction of sp³-hybridized carbons (Fsp3) is 0.636. The van der Waals surface area contributed by atoms with Gasteiger partial charge in [-0.1, -0.05) is 18.7 Å². The number of aliphatic hydroxyl groups is 1. The van der Waals surface area contributed by atoms with E-state index >= 15 is 0 Å². The second kappa shape index (κ2) is 5.35. The molecule has 2 aliphatic heterocycles. The second-order valence-corrected chi connectivity index (χ2v) is 7.42. The standard InChI is InChI=1S/C11H16N2O4S2/c1-4(3-12)18-11-7(10(16)17)13-8(15)6(5(2)14)9(13)19-11/h4-6,9,14H,3,12H2,1-2H3,(H,16,17)/t4-,5-,6+,9-/m1/s1. The Hall–Kier alpha value is -0.700. The summed E-state index contributed by atoms with van der Waals surface area (Å²) in [5.41, 5.74) is 5.57. The normalized spacial score (nSPS) is 29.1. The van der Waals surface area contributed by atoms with Gasteiger partial charge in [-0.05, 0) is 6.92 Å². The summed E-state index contributed by atoms with van der Waals surface area (Å²) >= 11 is 2.70. The first kappa shape index (κ1) is 14.7. The molecule has 2 aliphatic rings. The van der Waals surface area contributed by atoms with E-state index < -0.39 is 18.0 Å². The number of thioether (sulfide) groups is 2. The summed E-state index contributed by atoms with van der Waals surface area (Å²) in [5.74, 6) is -1.95. The van der Waals surface area contributed by atoms with Crippen LogP contribution in [0.5, 0.6) is 0 Å². The van der Waals surface area contributed by atoms with Crippen LogP contribution in [0.2, 0.25) is 0 Å². The molecule has 0 aromatic heterocycles. The van der Waals surface area contributed by atoms with Gasteiger partial charge in [-0.2, -0.15) is 0 Å². The third kappa shape index (κ3) is 2.37. The highest BCUT2D eigenvalue weighted by Gasteiger charge is 2.57. The van der Waals surface area contributed by atoms with Gasteiger partial charge in [0.25, 0.3) is 0 Å². The van der Waals surface area contributed by atoms with E-state index in [0.717, 1.165) is 0 Å². The highest BCUT2D eigenvalue weighted by molar-refractivity contribution is 8.23. The number of β-lactam (4-membered cyclic amide) rings is 1. The van der Waals surface area contributed by atoms with Crippen molar-refractivity contribution in [2.45, 2.75) is 30.6 Å². The van der Waals surface area contributed by atoms with E-state index in [1.165, 1.54) is 28.4 Å². The van der Waals surface area contributed by atoms with Gasteiger partial charge in [-0.3, -0.25) is 9.69 Å². The molecule has 8 heteroatoms. The van der Waals surface area contributed by atoms with Crippen LogP contribution in [-0.2, 0) is 9.59 Å². The lowest BCUT2D eigenvalue weighted by atomic mass is 9.92. The minimum absolute atomic E-state index is 0.0298. The summed E-state index contributed by atoms with van der Waals surface area (Å²) in [6, 6.07) is 0. The first-order valence-electron chi connectivity index (χ1n) is 5.90. The molecule has 0 aromatic rings. The lowest BCUT2D eigenvalue weighted by Crippen LogP contribution is -2.60. The van der Waals surface area contributed by atoms with Crippen molar-refractivity contribution in [2.24, 2.45) is 11.7 Å². The van der Waals surface area contributed by atoms with Gasteiger partial charge in [0.15, 0.2) is 5.70 Å². The Morgan fingerprint density at radius 3 is 2.68 bits per heavy atom. The summed E-state index contributed by atoms with van der Waals surface area (Å²) in [6.07, 6.45) is -0.771. The third-order valence-corrected chi connectivity index (χ3v) is 5.84. The van der Waals surface area contributed by atoms with Crippen LogP contribution in [0.25, 0.3) is 0 Å². The topological polar surface area (TPSA) is 104 Å². The molecule has 1 amide bonds. The maximum atomic E-state index is 11.9. The number of carboxylic acids is 1. The average molecular weight is 304 g/mol. The van der Waals surface area contributed by atoms with Gasteiger partial charge in [0.05, 0.1) is 16.3 Å². The van der Waals surface area contributed by atoms with Crippen LogP contribution in [-0.4, -0.2) is 50.3 Å². The Kier molecular flexibility index (Phi) is 4.14. The van der Waals surface area contributed by atoms with Gasteiger partial charge in [-0.25, -0.2) is 4.79 Å². The number of hydrogen-bond donors (Lipinski definition) is 3. The minimum Gasteiger partial charge on any atom is -0.477 e. The van der Waals surface area contributed by atoms with E-state index in [1.54, 1.807) is 6.92 Å². The van der Waals surface area contributed by atoms with Gasteiger partial charge in [0.1, 0.15) is 5.37 Å². The zero-order chi connectivity index (χ0) is 14.3. The maximum Gasteiger partial charge on any atom is 0.354 e. The Balaban J connectivity index is 2.24. The molecule has 0 aliphatic carbocycles. The van der Waals surface area contributed by atoms with Crippen molar-refractivity contribution in [3.8, 4) is 0 Å². The Labute approximate surface area is 119 Å². The highest BCUT2D eigenvalue weighted by atomic mass is 32.2. The smallest absolute Gasteiger partial charge is 0.354 e. The summed E-state index contributed by atoms with van der Waals surface area (Å²) in [6.45, 7) is 3.88. The van der Waals surface area contributed by atoms with Crippen molar-refractivity contribution >= 4 is 35.4 Å². The van der Waals surface area contributed by atoms with E-state index in [-0.39, 0.29) is 22.2 Å². The summed E-state index contributed by atoms with van der Waals surface area (Å²) in [4.78, 5) is 24.5. The first-order chi connectivity index (χ1) is 8.88. The summed E-state index contributed by atoms with van der Waals surface area (Å²) < 4.78 is 0.604. The van der Waals surface area contributed by atoms with Gasteiger partial charge >= 0.3 is 5.97 Å². The number of carboxylic acid groups (broad SMARTS) is 1. The predicted molar refractivity (Wildman–Crippen MR) is 74.2 cm³/mol. The number of rotatable bonds is 5. The minimum atomic E-state index is -1.11. The molecule has 106 valence electrons. The van der Waals surface area contributed by atoms with Gasteiger partial charge in [-0.15, -0.1) is 11.8 Å². The van der Waals surface area contributed by atoms with Gasteiger partial charge in [0.2, 0.25) is 5.91 Å². The van der Waals surface area contributed by atoms with Crippen LogP contribution >= 0.6 is 23.5 Å². The van der Waals surface area contributed by atoms with Crippen LogP contribution in [0, 0.1) is 5.92 Å². The monoisotopic (exact) mass is 304 g/mol. The lowest BCUT2D eigenvalue weighted by molar-refractivity contribution is -0.156. The molecular formula is C11H16N2O4S2. The number of fused-ring (bicyclic) bond motifs is 1. The molecule has 0 aromatic carbocycles. The average Bonchev–Trinajstić information content (AvgIpc) is 2.63. The van der Waals surface area contributed by atoms with Crippen molar-refractivity contribution in [3.63, 3.8) is 0 Å². The zero-order valence-electron chi connectivity index (χ0n) is 10.6. The van der Waals surface area contributed by atoms with Crippen molar-refractivity contribution in [3.05, 3.63) is 9.93 Å². The van der Waals surface area contributed by atoms with E-state index in [9.17, 15) is 19.8 Å². The van der Waals surface area contributed by atoms with Crippen LogP contribution < -0.4 is 5.73 Å². The van der Waals surface area contributed by atoms with Gasteiger partial charge in [0, 0.05) is 11.8 Å². The largest absolute Gasteiger partial charge is 0.477 e. The molecule has 4 N–H and O–H groups in total. The van der Waals surface area contributed by atoms with E-state index in [4.69, 9.17) is 5.73 Å². The van der Waals surface area contributed by atoms with Crippen LogP contribution in [0.4, 0.5) is 0 Å². The van der Waals surface area contributed by atoms with Gasteiger partial charge < -0.3 is 15.9 Å². The second-order valence-electron chi connectivity index (χ2n) is 4.59. The van der Waals surface area contributed by atoms with E-state index in [1.807, 2.05) is 6.92 Å². The van der Waals surface area contributed by atoms with Crippen molar-refractivity contribution in [2.75, 3.05) is 6.54 Å². The molecule has 0 unspecified atom stereocenters. The lowest BCUT2D eigenvalue weighted by Gasteiger charge is -2.43. The fourth-order valence-corrected chi connectivity index (χ4v) is 5.15. The molecule has 6 nitrogen and oxygen atoms in total. The number of aliphatic carboxylic acids is 1. The Morgan fingerprint density at radius 1 is 1.58 bits per heavy atom. The SMILES string of the molecule is C[C@H](CN)SC1=C(C(=O)O)N2C(=O)[C@H]([C@@H](C)O)[C@H]2S1. The number of nitrogens with zero attached hydrogens (tertiary/aromatic N) is 1. The molecule has 1 fully saturated rings. The number of nitrogens with two attached hydrogens (primary N) is 1.